The van der Waals surface area contributed by atoms with Gasteiger partial charge in [-0.2, -0.15) is 0 Å². The molecule has 0 atom stereocenters. The van der Waals surface area contributed by atoms with Crippen molar-refractivity contribution in [3.63, 3.8) is 0 Å². The number of nitrogens with one attached hydrogen (secondary N) is 1. The molecule has 1 heterocycles. The van der Waals surface area contributed by atoms with Crippen LogP contribution in [0.2, 0.25) is 5.15 Å². The standard InChI is InChI=1S/C9H13ClN2O4S/c1-14-5(15-2)4-11-9-12-7(10)6(17-9)8(13)16-3/h5H,4H2,1-3H3,(H,11,12). The Morgan fingerprint density at radius 3 is 2.65 bits per heavy atom. The van der Waals surface area contributed by atoms with Crippen LogP contribution in [0.15, 0.2) is 0 Å². The second-order valence-corrected chi connectivity index (χ2v) is 4.27. The summed E-state index contributed by atoms with van der Waals surface area (Å²) in [5, 5.41) is 3.58. The SMILES string of the molecule is COC(=O)c1sc(NCC(OC)OC)nc1Cl. The van der Waals surface area contributed by atoms with Crippen molar-refractivity contribution in [2.24, 2.45) is 0 Å². The second-order valence-electron chi connectivity index (χ2n) is 2.91. The minimum Gasteiger partial charge on any atom is -0.465 e. The molecule has 1 N–H and O–H groups in total. The number of rotatable bonds is 6. The summed E-state index contributed by atoms with van der Waals surface area (Å²) in [7, 11) is 4.35. The minimum atomic E-state index is -0.504. The number of aromatic nitrogens is 1. The number of hydrogen-bond donors (Lipinski definition) is 1. The number of thiazole rings is 1. The summed E-state index contributed by atoms with van der Waals surface area (Å²) >= 11 is 6.91. The van der Waals surface area contributed by atoms with Crippen molar-refractivity contribution in [1.82, 2.24) is 4.98 Å². The summed E-state index contributed by atoms with van der Waals surface area (Å²) in [6, 6.07) is 0. The lowest BCUT2D eigenvalue weighted by molar-refractivity contribution is -0.0914. The number of anilines is 1. The third kappa shape index (κ3) is 3.81. The molecule has 0 aliphatic rings. The van der Waals surface area contributed by atoms with E-state index in [4.69, 9.17) is 21.1 Å². The molecule has 0 fully saturated rings. The van der Waals surface area contributed by atoms with Crippen LogP contribution in [0.1, 0.15) is 9.67 Å². The van der Waals surface area contributed by atoms with E-state index in [1.54, 1.807) is 0 Å². The highest BCUT2D eigenvalue weighted by atomic mass is 35.5. The fourth-order valence-electron chi connectivity index (χ4n) is 1.03. The van der Waals surface area contributed by atoms with Gasteiger partial charge in [0.05, 0.1) is 13.7 Å². The Morgan fingerprint density at radius 1 is 1.47 bits per heavy atom. The topological polar surface area (TPSA) is 69.7 Å². The molecule has 1 aromatic rings. The first kappa shape index (κ1) is 14.2. The molecule has 6 nitrogen and oxygen atoms in total. The quantitative estimate of drug-likeness (QED) is 0.631. The fourth-order valence-corrected chi connectivity index (χ4v) is 2.14. The van der Waals surface area contributed by atoms with E-state index in [-0.39, 0.29) is 16.3 Å². The Balaban J connectivity index is 2.64. The Hall–Kier alpha value is -0.890. The van der Waals surface area contributed by atoms with Gasteiger partial charge in [-0.05, 0) is 0 Å². The number of nitrogens with zero attached hydrogens (tertiary/aromatic N) is 1. The molecule has 17 heavy (non-hydrogen) atoms. The lowest BCUT2D eigenvalue weighted by Gasteiger charge is -2.12. The minimum absolute atomic E-state index is 0.121. The zero-order valence-electron chi connectivity index (χ0n) is 9.65. The number of ether oxygens (including phenoxy) is 3. The number of carbonyl (C=O) groups excluding carboxylic acids is 1. The normalized spacial score (nSPS) is 10.6. The van der Waals surface area contributed by atoms with Crippen molar-refractivity contribution in [1.29, 1.82) is 0 Å². The predicted octanol–water partition coefficient (Wildman–Crippen LogP) is 1.61. The van der Waals surface area contributed by atoms with Crippen molar-refractivity contribution < 1.29 is 19.0 Å². The molecule has 0 radical (unpaired) electrons. The maximum Gasteiger partial charge on any atom is 0.351 e. The van der Waals surface area contributed by atoms with Gasteiger partial charge in [-0.15, -0.1) is 0 Å². The zero-order chi connectivity index (χ0) is 12.8. The Labute approximate surface area is 108 Å². The number of halogens is 1. The second kappa shape index (κ2) is 6.75. The monoisotopic (exact) mass is 280 g/mol. The lowest BCUT2D eigenvalue weighted by Crippen LogP contribution is -2.23. The first-order valence-corrected chi connectivity index (χ1v) is 5.86. The first-order valence-electron chi connectivity index (χ1n) is 4.66. The molecule has 0 aliphatic heterocycles. The van der Waals surface area contributed by atoms with E-state index >= 15 is 0 Å². The van der Waals surface area contributed by atoms with Crippen LogP contribution in [-0.2, 0) is 14.2 Å². The van der Waals surface area contributed by atoms with Crippen LogP contribution >= 0.6 is 22.9 Å². The summed E-state index contributed by atoms with van der Waals surface area (Å²) in [4.78, 5) is 15.5. The molecule has 0 unspecified atom stereocenters. The van der Waals surface area contributed by atoms with Gasteiger partial charge in [-0.1, -0.05) is 22.9 Å². The third-order valence-corrected chi connectivity index (χ3v) is 3.28. The summed E-state index contributed by atoms with van der Waals surface area (Å²) in [5.74, 6) is -0.504. The first-order chi connectivity index (χ1) is 8.12. The number of carbonyl (C=O) groups is 1. The van der Waals surface area contributed by atoms with E-state index in [0.29, 0.717) is 11.7 Å². The summed E-state index contributed by atoms with van der Waals surface area (Å²) in [6.07, 6.45) is -0.390. The Bertz CT molecular complexity index is 381. The maximum absolute atomic E-state index is 11.3. The smallest absolute Gasteiger partial charge is 0.351 e. The highest BCUT2D eigenvalue weighted by molar-refractivity contribution is 7.18. The van der Waals surface area contributed by atoms with Gasteiger partial charge in [0.25, 0.3) is 0 Å². The zero-order valence-corrected chi connectivity index (χ0v) is 11.2. The van der Waals surface area contributed by atoms with Crippen LogP contribution in [0, 0.1) is 0 Å². The van der Waals surface area contributed by atoms with E-state index in [1.165, 1.54) is 21.3 Å². The van der Waals surface area contributed by atoms with Crippen LogP contribution in [-0.4, -0.2) is 45.1 Å². The molecule has 0 spiro atoms. The third-order valence-electron chi connectivity index (χ3n) is 1.90. The number of hydrogen-bond acceptors (Lipinski definition) is 7. The lowest BCUT2D eigenvalue weighted by atomic mass is 10.6. The van der Waals surface area contributed by atoms with Crippen LogP contribution in [0.25, 0.3) is 0 Å². The molecule has 8 heteroatoms. The fraction of sp³-hybridized carbons (Fsp3) is 0.556. The van der Waals surface area contributed by atoms with E-state index in [0.717, 1.165) is 11.3 Å². The molecule has 0 amide bonds. The van der Waals surface area contributed by atoms with Crippen molar-refractivity contribution in [2.75, 3.05) is 33.2 Å². The molecule has 1 aromatic heterocycles. The van der Waals surface area contributed by atoms with Crippen LogP contribution in [0.5, 0.6) is 0 Å². The van der Waals surface area contributed by atoms with E-state index in [1.807, 2.05) is 0 Å². The number of methoxy groups -OCH3 is 3. The van der Waals surface area contributed by atoms with E-state index < -0.39 is 5.97 Å². The molecular weight excluding hydrogens is 268 g/mol. The van der Waals surface area contributed by atoms with Crippen molar-refractivity contribution in [2.45, 2.75) is 6.29 Å². The molecule has 1 rings (SSSR count). The predicted molar refractivity (Wildman–Crippen MR) is 64.8 cm³/mol. The molecule has 0 aromatic carbocycles. The van der Waals surface area contributed by atoms with E-state index in [2.05, 4.69) is 15.0 Å². The highest BCUT2D eigenvalue weighted by Gasteiger charge is 2.17. The molecule has 0 saturated carbocycles. The van der Waals surface area contributed by atoms with Crippen LogP contribution in [0.4, 0.5) is 5.13 Å². The van der Waals surface area contributed by atoms with Gasteiger partial charge in [0.2, 0.25) is 0 Å². The molecule has 0 aliphatic carbocycles. The van der Waals surface area contributed by atoms with Crippen molar-refractivity contribution in [3.05, 3.63) is 10.0 Å². The van der Waals surface area contributed by atoms with Gasteiger partial charge < -0.3 is 19.5 Å². The molecule has 0 bridgehead atoms. The van der Waals surface area contributed by atoms with Crippen LogP contribution < -0.4 is 5.32 Å². The Morgan fingerprint density at radius 2 is 2.12 bits per heavy atom. The maximum atomic E-state index is 11.3. The molecule has 0 saturated heterocycles. The summed E-state index contributed by atoms with van der Waals surface area (Å²) in [6.45, 7) is 0.400. The van der Waals surface area contributed by atoms with Gasteiger partial charge in [0.15, 0.2) is 21.5 Å². The Kier molecular flexibility index (Phi) is 5.63. The van der Waals surface area contributed by atoms with Crippen molar-refractivity contribution in [3.8, 4) is 0 Å². The van der Waals surface area contributed by atoms with Gasteiger partial charge in [0, 0.05) is 14.2 Å². The molecule has 96 valence electrons. The average Bonchev–Trinajstić information content (AvgIpc) is 2.71. The van der Waals surface area contributed by atoms with Gasteiger partial charge in [0.1, 0.15) is 0 Å². The van der Waals surface area contributed by atoms with Crippen LogP contribution in [0.3, 0.4) is 0 Å². The van der Waals surface area contributed by atoms with Gasteiger partial charge in [-0.25, -0.2) is 9.78 Å². The van der Waals surface area contributed by atoms with E-state index in [9.17, 15) is 4.79 Å². The molecular formula is C9H13ClN2O4S. The summed E-state index contributed by atoms with van der Waals surface area (Å²) < 4.78 is 14.6. The van der Waals surface area contributed by atoms with Crippen molar-refractivity contribution >= 4 is 34.0 Å². The van der Waals surface area contributed by atoms with Gasteiger partial charge >= 0.3 is 5.97 Å². The van der Waals surface area contributed by atoms with Gasteiger partial charge in [-0.3, -0.25) is 0 Å². The number of esters is 1. The largest absolute Gasteiger partial charge is 0.465 e. The highest BCUT2D eigenvalue weighted by Crippen LogP contribution is 2.27. The average molecular weight is 281 g/mol. The summed E-state index contributed by atoms with van der Waals surface area (Å²) in [5.41, 5.74) is 0.